The zero-order chi connectivity index (χ0) is 13.8. The summed E-state index contributed by atoms with van der Waals surface area (Å²) in [6, 6.07) is 7.10. The average molecular weight is 328 g/mol. The molecule has 0 radical (unpaired) electrons. The Kier molecular flexibility index (Phi) is 4.42. The molecule has 1 aliphatic heterocycles. The lowest BCUT2D eigenvalue weighted by Crippen LogP contribution is -2.39. The van der Waals surface area contributed by atoms with E-state index in [1.165, 1.54) is 7.11 Å². The number of ether oxygens (including phenoxy) is 2. The van der Waals surface area contributed by atoms with Crippen LogP contribution in [0.5, 0.6) is 5.75 Å². The van der Waals surface area contributed by atoms with E-state index in [-0.39, 0.29) is 12.5 Å². The van der Waals surface area contributed by atoms with E-state index in [9.17, 15) is 9.59 Å². The molecule has 1 heterocycles. The van der Waals surface area contributed by atoms with Crippen molar-refractivity contribution in [2.24, 2.45) is 0 Å². The van der Waals surface area contributed by atoms with Crippen LogP contribution >= 0.6 is 15.9 Å². The number of rotatable bonds is 3. The third-order valence-electron chi connectivity index (χ3n) is 2.86. The topological polar surface area (TPSA) is 55.8 Å². The van der Waals surface area contributed by atoms with Crippen molar-refractivity contribution < 1.29 is 19.1 Å². The highest BCUT2D eigenvalue weighted by atomic mass is 79.9. The Bertz CT molecular complexity index is 491. The van der Waals surface area contributed by atoms with Gasteiger partial charge in [-0.15, -0.1) is 0 Å². The highest BCUT2D eigenvalue weighted by Crippen LogP contribution is 2.23. The van der Waals surface area contributed by atoms with Crippen LogP contribution in [0.15, 0.2) is 24.3 Å². The second kappa shape index (κ2) is 6.06. The maximum absolute atomic E-state index is 12.4. The molecule has 0 aliphatic carbocycles. The van der Waals surface area contributed by atoms with Gasteiger partial charge in [-0.05, 0) is 12.1 Å². The molecule has 1 unspecified atom stereocenters. The summed E-state index contributed by atoms with van der Waals surface area (Å²) >= 11 is 3.22. The summed E-state index contributed by atoms with van der Waals surface area (Å²) < 4.78 is 10.2. The standard InChI is InChI=1S/C13H14BrNO4/c1-18-13(17)10(14)8-15-6-7-19-11-5-3-2-4-9(11)12(15)16/h2-5,10H,6-8H2,1H3. The molecule has 1 aliphatic rings. The largest absolute Gasteiger partial charge is 0.491 e. The molecule has 1 aromatic carbocycles. The lowest BCUT2D eigenvalue weighted by atomic mass is 10.2. The number of carbonyl (C=O) groups is 2. The molecule has 0 N–H and O–H groups in total. The number of alkyl halides is 1. The Labute approximate surface area is 119 Å². The van der Waals surface area contributed by atoms with Crippen LogP contribution in [0.2, 0.25) is 0 Å². The molecule has 0 saturated heterocycles. The second-order valence-corrected chi connectivity index (χ2v) is 5.19. The Balaban J connectivity index is 2.15. The van der Waals surface area contributed by atoms with E-state index in [4.69, 9.17) is 4.74 Å². The summed E-state index contributed by atoms with van der Waals surface area (Å²) in [7, 11) is 1.32. The fraction of sp³-hybridized carbons (Fsp3) is 0.385. The minimum Gasteiger partial charge on any atom is -0.491 e. The number of hydrogen-bond acceptors (Lipinski definition) is 4. The number of hydrogen-bond donors (Lipinski definition) is 0. The number of halogens is 1. The van der Waals surface area contributed by atoms with Gasteiger partial charge in [0, 0.05) is 6.54 Å². The molecule has 19 heavy (non-hydrogen) atoms. The van der Waals surface area contributed by atoms with E-state index < -0.39 is 10.8 Å². The van der Waals surface area contributed by atoms with Crippen LogP contribution in [-0.2, 0) is 9.53 Å². The van der Waals surface area contributed by atoms with Crippen molar-refractivity contribution in [1.82, 2.24) is 4.90 Å². The summed E-state index contributed by atoms with van der Waals surface area (Å²) in [4.78, 5) is 24.8. The number of fused-ring (bicyclic) bond motifs is 1. The smallest absolute Gasteiger partial charge is 0.321 e. The molecule has 0 bridgehead atoms. The van der Waals surface area contributed by atoms with Gasteiger partial charge >= 0.3 is 5.97 Å². The molecule has 0 fully saturated rings. The first-order chi connectivity index (χ1) is 9.13. The molecular weight excluding hydrogens is 314 g/mol. The molecule has 0 spiro atoms. The molecule has 6 heteroatoms. The van der Waals surface area contributed by atoms with Crippen molar-refractivity contribution in [1.29, 1.82) is 0 Å². The molecule has 1 aromatic rings. The predicted octanol–water partition coefficient (Wildman–Crippen LogP) is 1.46. The van der Waals surface area contributed by atoms with Gasteiger partial charge in [0.2, 0.25) is 0 Å². The van der Waals surface area contributed by atoms with Gasteiger partial charge in [0.1, 0.15) is 17.2 Å². The van der Waals surface area contributed by atoms with Gasteiger partial charge in [0.15, 0.2) is 0 Å². The van der Waals surface area contributed by atoms with Crippen LogP contribution in [0.25, 0.3) is 0 Å². The maximum atomic E-state index is 12.4. The number of benzene rings is 1. The lowest BCUT2D eigenvalue weighted by Gasteiger charge is -2.21. The minimum absolute atomic E-state index is 0.138. The van der Waals surface area contributed by atoms with E-state index in [0.717, 1.165) is 0 Å². The number of methoxy groups -OCH3 is 1. The predicted molar refractivity (Wildman–Crippen MR) is 72.6 cm³/mol. The van der Waals surface area contributed by atoms with E-state index in [1.54, 1.807) is 23.1 Å². The molecular formula is C13H14BrNO4. The number of para-hydroxylation sites is 1. The number of carbonyl (C=O) groups excluding carboxylic acids is 2. The quantitative estimate of drug-likeness (QED) is 0.623. The normalized spacial score (nSPS) is 16.1. The monoisotopic (exact) mass is 327 g/mol. The Morgan fingerprint density at radius 1 is 1.53 bits per heavy atom. The Morgan fingerprint density at radius 2 is 2.26 bits per heavy atom. The Morgan fingerprint density at radius 3 is 3.00 bits per heavy atom. The number of nitrogens with zero attached hydrogens (tertiary/aromatic N) is 1. The van der Waals surface area contributed by atoms with Crippen molar-refractivity contribution in [3.05, 3.63) is 29.8 Å². The number of amides is 1. The number of esters is 1. The third kappa shape index (κ3) is 3.07. The summed E-state index contributed by atoms with van der Waals surface area (Å²) in [5.74, 6) is 0.0481. The first-order valence-corrected chi connectivity index (χ1v) is 6.78. The second-order valence-electron chi connectivity index (χ2n) is 4.09. The van der Waals surface area contributed by atoms with Gasteiger partial charge in [-0.25, -0.2) is 0 Å². The van der Waals surface area contributed by atoms with Crippen molar-refractivity contribution >= 4 is 27.8 Å². The van der Waals surface area contributed by atoms with Gasteiger partial charge in [-0.2, -0.15) is 0 Å². The van der Waals surface area contributed by atoms with Crippen LogP contribution in [0.4, 0.5) is 0 Å². The zero-order valence-electron chi connectivity index (χ0n) is 10.5. The maximum Gasteiger partial charge on any atom is 0.321 e. The first kappa shape index (κ1) is 13.9. The van der Waals surface area contributed by atoms with Crippen LogP contribution in [0, 0.1) is 0 Å². The van der Waals surface area contributed by atoms with E-state index in [2.05, 4.69) is 20.7 Å². The summed E-state index contributed by atoms with van der Waals surface area (Å²) in [5, 5.41) is 0. The van der Waals surface area contributed by atoms with Crippen molar-refractivity contribution in [3.63, 3.8) is 0 Å². The first-order valence-electron chi connectivity index (χ1n) is 5.86. The third-order valence-corrected chi connectivity index (χ3v) is 3.52. The fourth-order valence-electron chi connectivity index (χ4n) is 1.88. The van der Waals surface area contributed by atoms with Crippen molar-refractivity contribution in [2.75, 3.05) is 26.8 Å². The van der Waals surface area contributed by atoms with Crippen LogP contribution < -0.4 is 4.74 Å². The highest BCUT2D eigenvalue weighted by Gasteiger charge is 2.27. The van der Waals surface area contributed by atoms with Crippen LogP contribution in [-0.4, -0.2) is 48.4 Å². The van der Waals surface area contributed by atoms with Crippen LogP contribution in [0.3, 0.4) is 0 Å². The Hall–Kier alpha value is -1.56. The molecule has 0 aromatic heterocycles. The summed E-state index contributed by atoms with van der Waals surface area (Å²) in [5.41, 5.74) is 0.518. The SMILES string of the molecule is COC(=O)C(Br)CN1CCOc2ccccc2C1=O. The summed E-state index contributed by atoms with van der Waals surface area (Å²) in [6.45, 7) is 1.10. The molecule has 1 atom stereocenters. The van der Waals surface area contributed by atoms with Gasteiger partial charge in [0.05, 0.1) is 19.2 Å². The molecule has 0 saturated carbocycles. The van der Waals surface area contributed by atoms with Gasteiger partial charge < -0.3 is 14.4 Å². The van der Waals surface area contributed by atoms with E-state index in [0.29, 0.717) is 24.5 Å². The van der Waals surface area contributed by atoms with Gasteiger partial charge in [0.25, 0.3) is 5.91 Å². The highest BCUT2D eigenvalue weighted by molar-refractivity contribution is 9.10. The fourth-order valence-corrected chi connectivity index (χ4v) is 2.41. The molecule has 102 valence electrons. The summed E-state index contributed by atoms with van der Waals surface area (Å²) in [6.07, 6.45) is 0. The molecule has 5 nitrogen and oxygen atoms in total. The average Bonchev–Trinajstić information content (AvgIpc) is 2.59. The van der Waals surface area contributed by atoms with E-state index >= 15 is 0 Å². The zero-order valence-corrected chi connectivity index (χ0v) is 12.1. The molecule has 2 rings (SSSR count). The molecule has 1 amide bonds. The van der Waals surface area contributed by atoms with Crippen LogP contribution in [0.1, 0.15) is 10.4 Å². The minimum atomic E-state index is -0.535. The van der Waals surface area contributed by atoms with Gasteiger partial charge in [-0.3, -0.25) is 9.59 Å². The lowest BCUT2D eigenvalue weighted by molar-refractivity contribution is -0.140. The van der Waals surface area contributed by atoms with E-state index in [1.807, 2.05) is 6.07 Å². The van der Waals surface area contributed by atoms with Crippen molar-refractivity contribution in [2.45, 2.75) is 4.83 Å². The van der Waals surface area contributed by atoms with Gasteiger partial charge in [-0.1, -0.05) is 28.1 Å². The van der Waals surface area contributed by atoms with Crippen molar-refractivity contribution in [3.8, 4) is 5.75 Å².